The van der Waals surface area contributed by atoms with Gasteiger partial charge in [0.15, 0.2) is 5.69 Å². The van der Waals surface area contributed by atoms with Crippen molar-refractivity contribution in [1.29, 1.82) is 0 Å². The molecule has 2 aromatic rings. The molecule has 1 heterocycles. The Balaban J connectivity index is 2.11. The summed E-state index contributed by atoms with van der Waals surface area (Å²) in [4.78, 5) is 21.6. The summed E-state index contributed by atoms with van der Waals surface area (Å²) in [5, 5.41) is 27.6. The third kappa shape index (κ3) is 2.24. The number of aryl methyl sites for hydroxylation is 1. The van der Waals surface area contributed by atoms with Crippen molar-refractivity contribution >= 4 is 11.7 Å². The number of benzene rings is 1. The Bertz CT molecular complexity index is 749. The molecule has 0 atom stereocenters. The van der Waals surface area contributed by atoms with E-state index in [1.54, 1.807) is 19.1 Å². The van der Waals surface area contributed by atoms with Crippen LogP contribution in [0, 0.1) is 17.0 Å². The maximum atomic E-state index is 11.2. The zero-order valence-corrected chi connectivity index (χ0v) is 11.2. The highest BCUT2D eigenvalue weighted by Crippen LogP contribution is 2.42. The fourth-order valence-electron chi connectivity index (χ4n) is 2.33. The Kier molecular flexibility index (Phi) is 2.93. The fraction of sp³-hybridized carbons (Fsp3) is 0.308. The van der Waals surface area contributed by atoms with Crippen LogP contribution in [0.4, 0.5) is 5.69 Å². The highest BCUT2D eigenvalue weighted by atomic mass is 16.6. The summed E-state index contributed by atoms with van der Waals surface area (Å²) < 4.78 is 1.47. The van der Waals surface area contributed by atoms with E-state index in [0.717, 1.165) is 12.8 Å². The smallest absolute Gasteiger partial charge is 0.358 e. The van der Waals surface area contributed by atoms with Gasteiger partial charge >= 0.3 is 5.97 Å². The highest BCUT2D eigenvalue weighted by molar-refractivity contribution is 5.87. The van der Waals surface area contributed by atoms with Crippen LogP contribution in [0.2, 0.25) is 0 Å². The first-order valence-electron chi connectivity index (χ1n) is 6.43. The first kappa shape index (κ1) is 13.2. The average Bonchev–Trinajstić information content (AvgIpc) is 3.16. The molecule has 21 heavy (non-hydrogen) atoms. The molecule has 3 rings (SSSR count). The van der Waals surface area contributed by atoms with Crippen molar-refractivity contribution in [2.24, 2.45) is 0 Å². The molecule has 0 spiro atoms. The van der Waals surface area contributed by atoms with Gasteiger partial charge in [-0.05, 0) is 31.9 Å². The monoisotopic (exact) mass is 288 g/mol. The van der Waals surface area contributed by atoms with Crippen molar-refractivity contribution in [2.75, 3.05) is 0 Å². The van der Waals surface area contributed by atoms with Gasteiger partial charge in [0.2, 0.25) is 0 Å². The van der Waals surface area contributed by atoms with Crippen LogP contribution in [0.1, 0.15) is 40.5 Å². The van der Waals surface area contributed by atoms with Crippen LogP contribution in [0.25, 0.3) is 5.69 Å². The second kappa shape index (κ2) is 4.65. The summed E-state index contributed by atoms with van der Waals surface area (Å²) in [5.74, 6) is -0.969. The highest BCUT2D eigenvalue weighted by Gasteiger charge is 2.34. The van der Waals surface area contributed by atoms with E-state index < -0.39 is 10.9 Å². The lowest BCUT2D eigenvalue weighted by Crippen LogP contribution is -2.06. The molecule has 0 bridgehead atoms. The number of nitro groups is 1. The minimum absolute atomic E-state index is 0.0188. The first-order valence-corrected chi connectivity index (χ1v) is 6.43. The third-order valence-corrected chi connectivity index (χ3v) is 3.49. The van der Waals surface area contributed by atoms with Crippen molar-refractivity contribution in [3.63, 3.8) is 0 Å². The minimum atomic E-state index is -1.11. The van der Waals surface area contributed by atoms with Gasteiger partial charge in [-0.1, -0.05) is 5.21 Å². The van der Waals surface area contributed by atoms with Crippen LogP contribution < -0.4 is 0 Å². The number of carboxylic acid groups (broad SMARTS) is 1. The van der Waals surface area contributed by atoms with Crippen LogP contribution in [-0.2, 0) is 0 Å². The van der Waals surface area contributed by atoms with E-state index in [1.807, 2.05) is 0 Å². The van der Waals surface area contributed by atoms with Crippen LogP contribution in [0.3, 0.4) is 0 Å². The zero-order valence-electron chi connectivity index (χ0n) is 11.2. The topological polar surface area (TPSA) is 111 Å². The number of nitrogens with zero attached hydrogens (tertiary/aromatic N) is 4. The van der Waals surface area contributed by atoms with Crippen LogP contribution in [0.15, 0.2) is 18.2 Å². The van der Waals surface area contributed by atoms with Gasteiger partial charge < -0.3 is 5.11 Å². The van der Waals surface area contributed by atoms with E-state index >= 15 is 0 Å². The molecule has 1 N–H and O–H groups in total. The number of hydrogen-bond donors (Lipinski definition) is 1. The molecular weight excluding hydrogens is 276 g/mol. The molecule has 0 saturated heterocycles. The molecule has 0 amide bonds. The van der Waals surface area contributed by atoms with Crippen molar-refractivity contribution in [2.45, 2.75) is 25.7 Å². The Labute approximate surface area is 119 Å². The van der Waals surface area contributed by atoms with Gasteiger partial charge in [0.05, 0.1) is 16.3 Å². The van der Waals surface area contributed by atoms with Crippen LogP contribution in [0.5, 0.6) is 0 Å². The van der Waals surface area contributed by atoms with Crippen molar-refractivity contribution < 1.29 is 14.8 Å². The number of rotatable bonds is 4. The van der Waals surface area contributed by atoms with Crippen molar-refractivity contribution in [1.82, 2.24) is 15.0 Å². The normalized spacial score (nSPS) is 14.1. The van der Waals surface area contributed by atoms with E-state index in [1.165, 1.54) is 10.7 Å². The molecule has 1 aromatic heterocycles. The molecule has 1 saturated carbocycles. The summed E-state index contributed by atoms with van der Waals surface area (Å²) in [6.45, 7) is 1.63. The Morgan fingerprint density at radius 1 is 1.48 bits per heavy atom. The molecule has 1 aliphatic carbocycles. The minimum Gasteiger partial charge on any atom is -0.476 e. The summed E-state index contributed by atoms with van der Waals surface area (Å²) in [6, 6.07) is 4.56. The van der Waals surface area contributed by atoms with Crippen molar-refractivity contribution in [3.8, 4) is 5.69 Å². The maximum absolute atomic E-state index is 11.2. The largest absolute Gasteiger partial charge is 0.476 e. The second-order valence-corrected chi connectivity index (χ2v) is 5.04. The number of hydrogen-bond acceptors (Lipinski definition) is 5. The van der Waals surface area contributed by atoms with E-state index in [2.05, 4.69) is 10.3 Å². The number of aromatic carboxylic acids is 1. The number of carboxylic acids is 1. The van der Waals surface area contributed by atoms with Gasteiger partial charge in [0.25, 0.3) is 5.69 Å². The Morgan fingerprint density at radius 3 is 2.71 bits per heavy atom. The summed E-state index contributed by atoms with van der Waals surface area (Å²) >= 11 is 0. The fourth-order valence-corrected chi connectivity index (χ4v) is 2.33. The molecule has 108 valence electrons. The number of nitro benzene ring substituents is 1. The predicted octanol–water partition coefficient (Wildman–Crippen LogP) is 2.06. The van der Waals surface area contributed by atoms with Crippen LogP contribution >= 0.6 is 0 Å². The number of carbonyl (C=O) groups is 1. The molecule has 1 aliphatic rings. The summed E-state index contributed by atoms with van der Waals surface area (Å²) in [6.07, 6.45) is 1.80. The first-order chi connectivity index (χ1) is 9.99. The maximum Gasteiger partial charge on any atom is 0.358 e. The van der Waals surface area contributed by atoms with Gasteiger partial charge in [-0.2, -0.15) is 0 Å². The quantitative estimate of drug-likeness (QED) is 0.680. The molecule has 8 heteroatoms. The molecule has 1 aromatic carbocycles. The van der Waals surface area contributed by atoms with Gasteiger partial charge in [-0.3, -0.25) is 10.1 Å². The standard InChI is InChI=1S/C13H12N4O4/c1-7-6-9(4-5-10(7)17(20)21)16-12(8-2-3-8)11(13(18)19)14-15-16/h4-6,8H,2-3H2,1H3,(H,18,19). The van der Waals surface area contributed by atoms with Crippen LogP contribution in [-0.4, -0.2) is 31.0 Å². The third-order valence-electron chi connectivity index (χ3n) is 3.49. The van der Waals surface area contributed by atoms with Crippen molar-refractivity contribution in [3.05, 3.63) is 45.3 Å². The summed E-state index contributed by atoms with van der Waals surface area (Å²) in [7, 11) is 0. The second-order valence-electron chi connectivity index (χ2n) is 5.04. The van der Waals surface area contributed by atoms with E-state index in [-0.39, 0.29) is 17.3 Å². The molecule has 1 fully saturated rings. The lowest BCUT2D eigenvalue weighted by atomic mass is 10.1. The van der Waals surface area contributed by atoms with Gasteiger partial charge in [0, 0.05) is 17.5 Å². The summed E-state index contributed by atoms with van der Waals surface area (Å²) in [5.41, 5.74) is 1.61. The lowest BCUT2D eigenvalue weighted by Gasteiger charge is -2.07. The average molecular weight is 288 g/mol. The lowest BCUT2D eigenvalue weighted by molar-refractivity contribution is -0.385. The van der Waals surface area contributed by atoms with E-state index in [9.17, 15) is 14.9 Å². The molecule has 8 nitrogen and oxygen atoms in total. The van der Waals surface area contributed by atoms with E-state index in [0.29, 0.717) is 16.9 Å². The SMILES string of the molecule is Cc1cc(-n2nnc(C(=O)O)c2C2CC2)ccc1[N+](=O)[O-]. The number of aromatic nitrogens is 3. The van der Waals surface area contributed by atoms with Gasteiger partial charge in [0.1, 0.15) is 0 Å². The van der Waals surface area contributed by atoms with Gasteiger partial charge in [-0.15, -0.1) is 5.10 Å². The molecular formula is C13H12N4O4. The predicted molar refractivity (Wildman–Crippen MR) is 71.7 cm³/mol. The molecule has 0 aliphatic heterocycles. The van der Waals surface area contributed by atoms with E-state index in [4.69, 9.17) is 5.11 Å². The molecule has 0 radical (unpaired) electrons. The molecule has 0 unspecified atom stereocenters. The Hall–Kier alpha value is -2.77. The zero-order chi connectivity index (χ0) is 15.1. The Morgan fingerprint density at radius 2 is 2.19 bits per heavy atom. The van der Waals surface area contributed by atoms with Gasteiger partial charge in [-0.25, -0.2) is 9.48 Å².